The number of rotatable bonds is 3. The minimum Gasteiger partial charge on any atom is -0.323 e. The molecule has 2 aromatic rings. The van der Waals surface area contributed by atoms with E-state index < -0.39 is 0 Å². The Labute approximate surface area is 154 Å². The van der Waals surface area contributed by atoms with Gasteiger partial charge in [-0.05, 0) is 43.7 Å². The van der Waals surface area contributed by atoms with Gasteiger partial charge in [-0.25, -0.2) is 4.79 Å². The molecule has 1 N–H and O–H groups in total. The van der Waals surface area contributed by atoms with Crippen molar-refractivity contribution in [3.8, 4) is 0 Å². The van der Waals surface area contributed by atoms with Crippen LogP contribution in [0.5, 0.6) is 0 Å². The summed E-state index contributed by atoms with van der Waals surface area (Å²) in [5, 5.41) is 11.7. The number of carbonyl (C=O) groups is 1. The van der Waals surface area contributed by atoms with Gasteiger partial charge in [0.15, 0.2) is 0 Å². The molecule has 2 heterocycles. The quantitative estimate of drug-likeness (QED) is 0.913. The first-order chi connectivity index (χ1) is 12.6. The van der Waals surface area contributed by atoms with Crippen molar-refractivity contribution in [3.63, 3.8) is 0 Å². The van der Waals surface area contributed by atoms with Gasteiger partial charge in [-0.3, -0.25) is 0 Å². The van der Waals surface area contributed by atoms with Crippen LogP contribution in [0, 0.1) is 12.3 Å². The Morgan fingerprint density at radius 1 is 1.31 bits per heavy atom. The number of hydrogen-bond donors (Lipinski definition) is 1. The smallest absolute Gasteiger partial charge is 0.321 e. The molecule has 2 fully saturated rings. The molecule has 2 aliphatic rings. The number of para-hydroxylation sites is 1. The predicted octanol–water partition coefficient (Wildman–Crippen LogP) is 3.80. The van der Waals surface area contributed by atoms with E-state index in [9.17, 15) is 4.79 Å². The zero-order valence-corrected chi connectivity index (χ0v) is 15.6. The van der Waals surface area contributed by atoms with Crippen LogP contribution in [0.25, 0.3) is 0 Å². The molecule has 1 aromatic heterocycles. The molecule has 1 unspecified atom stereocenters. The van der Waals surface area contributed by atoms with E-state index in [1.807, 2.05) is 42.4 Å². The summed E-state index contributed by atoms with van der Waals surface area (Å²) in [7, 11) is 0. The van der Waals surface area contributed by atoms with E-state index in [2.05, 4.69) is 27.0 Å². The number of amides is 2. The lowest BCUT2D eigenvalue weighted by Gasteiger charge is -2.29. The molecule has 6 nitrogen and oxygen atoms in total. The lowest BCUT2D eigenvalue weighted by molar-refractivity contribution is 0.212. The highest BCUT2D eigenvalue weighted by Gasteiger charge is 2.51. The average molecular weight is 353 g/mol. The monoisotopic (exact) mass is 353 g/mol. The molecule has 1 atom stereocenters. The summed E-state index contributed by atoms with van der Waals surface area (Å²) in [6, 6.07) is 7.92. The largest absolute Gasteiger partial charge is 0.323 e. The lowest BCUT2D eigenvalue weighted by atomic mass is 9.76. The average Bonchev–Trinajstić information content (AvgIpc) is 3.37. The van der Waals surface area contributed by atoms with Gasteiger partial charge in [0, 0.05) is 31.2 Å². The number of likely N-dealkylation sites (tertiary alicyclic amines) is 1. The first kappa shape index (κ1) is 17.1. The molecule has 2 amide bonds. The predicted molar refractivity (Wildman–Crippen MR) is 101 cm³/mol. The standard InChI is InChI=1S/C20H27N5O/c1-3-24-14-21-23-18(24)16-12-25(13-20(16)10-6-7-11-20)19(26)22-17-9-5-4-8-15(17)2/h4-5,8-9,14,16H,3,6-7,10-13H2,1-2H3,(H,22,26). The zero-order chi connectivity index (χ0) is 18.1. The van der Waals surface area contributed by atoms with Gasteiger partial charge < -0.3 is 14.8 Å². The fourth-order valence-electron chi connectivity index (χ4n) is 4.75. The molecule has 0 radical (unpaired) electrons. The minimum absolute atomic E-state index is 0.00404. The number of aryl methyl sites for hydroxylation is 2. The Kier molecular flexibility index (Phi) is 4.42. The van der Waals surface area contributed by atoms with Gasteiger partial charge >= 0.3 is 6.03 Å². The number of urea groups is 1. The molecule has 1 saturated heterocycles. The summed E-state index contributed by atoms with van der Waals surface area (Å²) in [6.45, 7) is 6.53. The van der Waals surface area contributed by atoms with Crippen LogP contribution in [-0.4, -0.2) is 38.8 Å². The maximum absolute atomic E-state index is 12.9. The van der Waals surface area contributed by atoms with E-state index in [4.69, 9.17) is 0 Å². The van der Waals surface area contributed by atoms with E-state index in [0.29, 0.717) is 0 Å². The van der Waals surface area contributed by atoms with Crippen LogP contribution in [-0.2, 0) is 6.54 Å². The second-order valence-electron chi connectivity index (χ2n) is 7.72. The van der Waals surface area contributed by atoms with E-state index >= 15 is 0 Å². The Balaban J connectivity index is 1.58. The van der Waals surface area contributed by atoms with Crippen molar-refractivity contribution in [2.45, 2.75) is 52.0 Å². The Hall–Kier alpha value is -2.37. The molecule has 1 aliphatic heterocycles. The lowest BCUT2D eigenvalue weighted by Crippen LogP contribution is -2.34. The van der Waals surface area contributed by atoms with Gasteiger partial charge in [-0.2, -0.15) is 0 Å². The summed E-state index contributed by atoms with van der Waals surface area (Å²) >= 11 is 0. The van der Waals surface area contributed by atoms with Crippen LogP contribution in [0.15, 0.2) is 30.6 Å². The highest BCUT2D eigenvalue weighted by molar-refractivity contribution is 5.90. The van der Waals surface area contributed by atoms with Crippen LogP contribution >= 0.6 is 0 Å². The summed E-state index contributed by atoms with van der Waals surface area (Å²) < 4.78 is 2.13. The van der Waals surface area contributed by atoms with E-state index in [-0.39, 0.29) is 17.4 Å². The molecule has 6 heteroatoms. The Bertz CT molecular complexity index is 793. The van der Waals surface area contributed by atoms with Gasteiger partial charge in [0.25, 0.3) is 0 Å². The number of carbonyl (C=O) groups excluding carboxylic acids is 1. The summed E-state index contributed by atoms with van der Waals surface area (Å²) in [5.41, 5.74) is 2.12. The highest BCUT2D eigenvalue weighted by atomic mass is 16.2. The summed E-state index contributed by atoms with van der Waals surface area (Å²) in [6.07, 6.45) is 6.63. The molecule has 26 heavy (non-hydrogen) atoms. The number of aromatic nitrogens is 3. The van der Waals surface area contributed by atoms with E-state index in [0.717, 1.165) is 36.7 Å². The maximum atomic E-state index is 12.9. The van der Waals surface area contributed by atoms with Gasteiger partial charge in [0.05, 0.1) is 0 Å². The number of nitrogens with one attached hydrogen (secondary N) is 1. The third-order valence-electron chi connectivity index (χ3n) is 6.22. The molecule has 1 saturated carbocycles. The number of anilines is 1. The SMILES string of the molecule is CCn1cnnc1C1CN(C(=O)Nc2ccccc2C)CC12CCCC2. The Morgan fingerprint density at radius 2 is 2.08 bits per heavy atom. The second-order valence-corrected chi connectivity index (χ2v) is 7.72. The zero-order valence-electron chi connectivity index (χ0n) is 15.6. The van der Waals surface area contributed by atoms with E-state index in [1.54, 1.807) is 0 Å². The molecule has 1 aliphatic carbocycles. The van der Waals surface area contributed by atoms with Gasteiger partial charge in [-0.15, -0.1) is 10.2 Å². The van der Waals surface area contributed by atoms with Crippen LogP contribution in [0.4, 0.5) is 10.5 Å². The van der Waals surface area contributed by atoms with Crippen LogP contribution in [0.3, 0.4) is 0 Å². The molecular formula is C20H27N5O. The fraction of sp³-hybridized carbons (Fsp3) is 0.550. The molecular weight excluding hydrogens is 326 g/mol. The molecule has 4 rings (SSSR count). The van der Waals surface area contributed by atoms with Gasteiger partial charge in [-0.1, -0.05) is 31.0 Å². The molecule has 138 valence electrons. The first-order valence-corrected chi connectivity index (χ1v) is 9.62. The van der Waals surface area contributed by atoms with Crippen LogP contribution in [0.2, 0.25) is 0 Å². The number of benzene rings is 1. The minimum atomic E-state index is -0.00404. The maximum Gasteiger partial charge on any atom is 0.321 e. The van der Waals surface area contributed by atoms with Crippen molar-refractivity contribution < 1.29 is 4.79 Å². The van der Waals surface area contributed by atoms with Crippen molar-refractivity contribution in [1.82, 2.24) is 19.7 Å². The number of nitrogens with zero attached hydrogens (tertiary/aromatic N) is 4. The van der Waals surface area contributed by atoms with E-state index in [1.165, 1.54) is 25.7 Å². The van der Waals surface area contributed by atoms with Gasteiger partial charge in [0.1, 0.15) is 12.2 Å². The Morgan fingerprint density at radius 3 is 2.81 bits per heavy atom. The van der Waals surface area contributed by atoms with Gasteiger partial charge in [0.2, 0.25) is 0 Å². The fourth-order valence-corrected chi connectivity index (χ4v) is 4.75. The van der Waals surface area contributed by atoms with Crippen LogP contribution in [0.1, 0.15) is 49.9 Å². The summed E-state index contributed by atoms with van der Waals surface area (Å²) in [4.78, 5) is 14.9. The van der Waals surface area contributed by atoms with Crippen molar-refractivity contribution in [1.29, 1.82) is 0 Å². The summed E-state index contributed by atoms with van der Waals surface area (Å²) in [5.74, 6) is 1.32. The second kappa shape index (κ2) is 6.74. The molecule has 1 spiro atoms. The molecule has 0 bridgehead atoms. The first-order valence-electron chi connectivity index (χ1n) is 9.62. The molecule has 1 aromatic carbocycles. The highest BCUT2D eigenvalue weighted by Crippen LogP contribution is 2.53. The van der Waals surface area contributed by atoms with Crippen LogP contribution < -0.4 is 5.32 Å². The van der Waals surface area contributed by atoms with Crippen molar-refractivity contribution in [2.75, 3.05) is 18.4 Å². The van der Waals surface area contributed by atoms with Crippen molar-refractivity contribution in [3.05, 3.63) is 42.0 Å². The third-order valence-corrected chi connectivity index (χ3v) is 6.22. The third kappa shape index (κ3) is 2.87. The van der Waals surface area contributed by atoms with Crippen molar-refractivity contribution in [2.24, 2.45) is 5.41 Å². The normalized spacial score (nSPS) is 21.5. The van der Waals surface area contributed by atoms with Crippen molar-refractivity contribution >= 4 is 11.7 Å². The number of hydrogen-bond acceptors (Lipinski definition) is 3. The topological polar surface area (TPSA) is 63.1 Å².